The summed E-state index contributed by atoms with van der Waals surface area (Å²) in [5.41, 5.74) is 1.87. The lowest BCUT2D eigenvalue weighted by Gasteiger charge is -2.24. The third kappa shape index (κ3) is 12.6. The Kier molecular flexibility index (Phi) is 15.1. The van der Waals surface area contributed by atoms with Crippen molar-refractivity contribution in [1.29, 1.82) is 0 Å². The van der Waals surface area contributed by atoms with Gasteiger partial charge < -0.3 is 20.5 Å². The molecule has 0 bridgehead atoms. The SMILES string of the molecule is CNC(CCCC1CCCCC1)CCC(Cc1ccccc1)NC(=O)c1ccc(F)cc1O.O=Cc1cccc(Oc2ccccc2)c1. The van der Waals surface area contributed by atoms with Crippen LogP contribution in [-0.4, -0.2) is 36.4 Å². The van der Waals surface area contributed by atoms with E-state index in [0.29, 0.717) is 23.8 Å². The molecule has 4 aromatic rings. The molecule has 1 amide bonds. The van der Waals surface area contributed by atoms with Gasteiger partial charge in [-0.25, -0.2) is 4.39 Å². The Morgan fingerprint density at radius 2 is 1.54 bits per heavy atom. The number of benzene rings is 4. The Balaban J connectivity index is 0.000000287. The topological polar surface area (TPSA) is 87.7 Å². The van der Waals surface area contributed by atoms with Crippen LogP contribution in [0, 0.1) is 11.7 Å². The molecule has 2 unspecified atom stereocenters. The summed E-state index contributed by atoms with van der Waals surface area (Å²) in [5, 5.41) is 16.6. The number of carbonyl (C=O) groups excluding carboxylic acids is 2. The van der Waals surface area contributed by atoms with Gasteiger partial charge in [-0.3, -0.25) is 9.59 Å². The standard InChI is InChI=1S/C28H39FN2O2.C13H10O2/c1-30-24(14-8-13-21-9-4-2-5-10-21)16-17-25(19-22-11-6-3-7-12-22)31-28(33)26-18-15-23(29)20-27(26)32;14-10-11-5-4-8-13(9-11)15-12-6-2-1-3-7-12/h3,6-7,11-12,15,18,20-21,24-25,30,32H,2,4-5,8-10,13-14,16-17,19H2,1H3,(H,31,33);1-10H. The van der Waals surface area contributed by atoms with Crippen LogP contribution in [0.3, 0.4) is 0 Å². The van der Waals surface area contributed by atoms with Gasteiger partial charge in [0.2, 0.25) is 0 Å². The molecule has 0 saturated heterocycles. The molecule has 3 N–H and O–H groups in total. The van der Waals surface area contributed by atoms with Gasteiger partial charge in [0.15, 0.2) is 0 Å². The molecule has 0 aromatic heterocycles. The average molecular weight is 653 g/mol. The molecule has 0 heterocycles. The second-order valence-electron chi connectivity index (χ2n) is 12.6. The summed E-state index contributed by atoms with van der Waals surface area (Å²) in [5.74, 6) is 1.08. The van der Waals surface area contributed by atoms with E-state index in [4.69, 9.17) is 4.74 Å². The van der Waals surface area contributed by atoms with E-state index in [1.807, 2.05) is 61.6 Å². The van der Waals surface area contributed by atoms with Crippen LogP contribution in [0.2, 0.25) is 0 Å². The predicted octanol–water partition coefficient (Wildman–Crippen LogP) is 9.28. The molecule has 0 radical (unpaired) electrons. The Hall–Kier alpha value is -4.49. The third-order valence-electron chi connectivity index (χ3n) is 9.00. The van der Waals surface area contributed by atoms with Crippen molar-refractivity contribution in [2.45, 2.75) is 82.7 Å². The van der Waals surface area contributed by atoms with Crippen molar-refractivity contribution in [3.63, 3.8) is 0 Å². The Morgan fingerprint density at radius 3 is 2.23 bits per heavy atom. The second kappa shape index (κ2) is 20.0. The van der Waals surface area contributed by atoms with Gasteiger partial charge in [0.1, 0.15) is 29.4 Å². The lowest BCUT2D eigenvalue weighted by atomic mass is 9.85. The number of carbonyl (C=O) groups is 2. The van der Waals surface area contributed by atoms with Crippen LogP contribution >= 0.6 is 0 Å². The molecule has 48 heavy (non-hydrogen) atoms. The fourth-order valence-electron chi connectivity index (χ4n) is 6.32. The van der Waals surface area contributed by atoms with Crippen molar-refractivity contribution in [3.8, 4) is 17.2 Å². The molecular formula is C41H49FN2O4. The average Bonchev–Trinajstić information content (AvgIpc) is 3.11. The first-order valence-corrected chi connectivity index (χ1v) is 17.2. The molecule has 7 heteroatoms. The lowest BCUT2D eigenvalue weighted by Crippen LogP contribution is -2.38. The van der Waals surface area contributed by atoms with Crippen molar-refractivity contribution in [3.05, 3.63) is 126 Å². The third-order valence-corrected chi connectivity index (χ3v) is 9.00. The summed E-state index contributed by atoms with van der Waals surface area (Å²) in [7, 11) is 2.02. The molecule has 1 aliphatic carbocycles. The fourth-order valence-corrected chi connectivity index (χ4v) is 6.32. The smallest absolute Gasteiger partial charge is 0.255 e. The number of phenols is 1. The van der Waals surface area contributed by atoms with E-state index < -0.39 is 5.82 Å². The van der Waals surface area contributed by atoms with Crippen LogP contribution in [0.4, 0.5) is 4.39 Å². The first kappa shape index (κ1) is 36.3. The molecule has 6 nitrogen and oxygen atoms in total. The van der Waals surface area contributed by atoms with Gasteiger partial charge in [0.25, 0.3) is 5.91 Å². The zero-order valence-corrected chi connectivity index (χ0v) is 28.0. The Bertz CT molecular complexity index is 1530. The molecule has 1 aliphatic rings. The van der Waals surface area contributed by atoms with Crippen molar-refractivity contribution >= 4 is 12.2 Å². The van der Waals surface area contributed by atoms with E-state index in [0.717, 1.165) is 48.8 Å². The minimum atomic E-state index is -0.560. The number of ether oxygens (including phenoxy) is 1. The van der Waals surface area contributed by atoms with E-state index >= 15 is 0 Å². The van der Waals surface area contributed by atoms with Crippen molar-refractivity contribution in [1.82, 2.24) is 10.6 Å². The van der Waals surface area contributed by atoms with Gasteiger partial charge in [-0.05, 0) is 80.6 Å². The quantitative estimate of drug-likeness (QED) is 0.111. The molecule has 2 atom stereocenters. The van der Waals surface area contributed by atoms with E-state index in [-0.39, 0.29) is 23.3 Å². The largest absolute Gasteiger partial charge is 0.507 e. The molecule has 4 aromatic carbocycles. The highest BCUT2D eigenvalue weighted by Gasteiger charge is 2.20. The van der Waals surface area contributed by atoms with E-state index in [1.54, 1.807) is 18.2 Å². The van der Waals surface area contributed by atoms with Crippen LogP contribution in [0.1, 0.15) is 90.5 Å². The van der Waals surface area contributed by atoms with Crippen molar-refractivity contribution in [2.24, 2.45) is 5.92 Å². The molecule has 0 spiro atoms. The molecule has 254 valence electrons. The van der Waals surface area contributed by atoms with Gasteiger partial charge in [0.05, 0.1) is 5.56 Å². The number of aromatic hydroxyl groups is 1. The normalized spacial score (nSPS) is 14.2. The van der Waals surface area contributed by atoms with Crippen LogP contribution < -0.4 is 15.4 Å². The first-order valence-electron chi connectivity index (χ1n) is 17.2. The number of hydrogen-bond acceptors (Lipinski definition) is 5. The summed E-state index contributed by atoms with van der Waals surface area (Å²) in [6, 6.07) is 30.5. The molecule has 5 rings (SSSR count). The summed E-state index contributed by atoms with van der Waals surface area (Å²) >= 11 is 0. The molecular weight excluding hydrogens is 603 g/mol. The minimum absolute atomic E-state index is 0.0708. The van der Waals surface area contributed by atoms with E-state index in [1.165, 1.54) is 57.1 Å². The number of para-hydroxylation sites is 1. The maximum absolute atomic E-state index is 13.3. The van der Waals surface area contributed by atoms with Crippen molar-refractivity contribution in [2.75, 3.05) is 7.05 Å². The van der Waals surface area contributed by atoms with Gasteiger partial charge in [-0.15, -0.1) is 0 Å². The minimum Gasteiger partial charge on any atom is -0.507 e. The zero-order valence-electron chi connectivity index (χ0n) is 28.0. The number of hydrogen-bond donors (Lipinski definition) is 3. The van der Waals surface area contributed by atoms with Gasteiger partial charge in [0, 0.05) is 23.7 Å². The van der Waals surface area contributed by atoms with E-state index in [9.17, 15) is 19.1 Å². The number of nitrogens with one attached hydrogen (secondary N) is 2. The number of halogens is 1. The number of phenolic OH excluding ortho intramolecular Hbond substituents is 1. The van der Waals surface area contributed by atoms with Gasteiger partial charge in [-0.1, -0.05) is 106 Å². The van der Waals surface area contributed by atoms with Crippen molar-refractivity contribution < 1.29 is 23.8 Å². The highest BCUT2D eigenvalue weighted by Crippen LogP contribution is 2.28. The molecule has 0 aliphatic heterocycles. The van der Waals surface area contributed by atoms with E-state index in [2.05, 4.69) is 22.8 Å². The van der Waals surface area contributed by atoms with Crippen LogP contribution in [-0.2, 0) is 6.42 Å². The maximum atomic E-state index is 13.3. The number of aldehydes is 1. The monoisotopic (exact) mass is 652 g/mol. The summed E-state index contributed by atoms with van der Waals surface area (Å²) in [4.78, 5) is 23.4. The zero-order chi connectivity index (χ0) is 34.0. The first-order chi connectivity index (χ1) is 23.4. The molecule has 1 fully saturated rings. The molecule has 1 saturated carbocycles. The summed E-state index contributed by atoms with van der Waals surface area (Å²) in [6.07, 6.45) is 14.0. The fraction of sp³-hybridized carbons (Fsp3) is 0.366. The second-order valence-corrected chi connectivity index (χ2v) is 12.6. The summed E-state index contributed by atoms with van der Waals surface area (Å²) < 4.78 is 18.9. The van der Waals surface area contributed by atoms with Gasteiger partial charge in [-0.2, -0.15) is 0 Å². The highest BCUT2D eigenvalue weighted by atomic mass is 19.1. The predicted molar refractivity (Wildman–Crippen MR) is 190 cm³/mol. The lowest BCUT2D eigenvalue weighted by molar-refractivity contribution is 0.0930. The Labute approximate surface area is 284 Å². The van der Waals surface area contributed by atoms with Crippen LogP contribution in [0.25, 0.3) is 0 Å². The Morgan fingerprint density at radius 1 is 0.854 bits per heavy atom. The van der Waals surface area contributed by atoms with Gasteiger partial charge >= 0.3 is 0 Å². The maximum Gasteiger partial charge on any atom is 0.255 e. The van der Waals surface area contributed by atoms with Crippen LogP contribution in [0.15, 0.2) is 103 Å². The number of amides is 1. The summed E-state index contributed by atoms with van der Waals surface area (Å²) in [6.45, 7) is 0. The van der Waals surface area contributed by atoms with Crippen LogP contribution in [0.5, 0.6) is 17.2 Å². The highest BCUT2D eigenvalue weighted by molar-refractivity contribution is 5.97. The number of rotatable bonds is 15.